The summed E-state index contributed by atoms with van der Waals surface area (Å²) in [5.41, 5.74) is 7.94. The zero-order valence-corrected chi connectivity index (χ0v) is 11.3. The van der Waals surface area contributed by atoms with E-state index in [1.165, 1.54) is 0 Å². The van der Waals surface area contributed by atoms with E-state index in [0.29, 0.717) is 18.6 Å². The summed E-state index contributed by atoms with van der Waals surface area (Å²) in [6.07, 6.45) is 2.01. The van der Waals surface area contributed by atoms with Crippen LogP contribution >= 0.6 is 0 Å². The Balaban J connectivity index is 2.52. The molecule has 0 bridgehead atoms. The Morgan fingerprint density at radius 2 is 2.17 bits per heavy atom. The summed E-state index contributed by atoms with van der Waals surface area (Å²) in [4.78, 5) is 4.45. The molecule has 0 aliphatic heterocycles. The second-order valence-electron chi connectivity index (χ2n) is 4.57. The Morgan fingerprint density at radius 1 is 1.39 bits per heavy atom. The van der Waals surface area contributed by atoms with Gasteiger partial charge in [-0.2, -0.15) is 0 Å². The van der Waals surface area contributed by atoms with E-state index in [2.05, 4.69) is 30.3 Å². The van der Waals surface area contributed by atoms with Crippen molar-refractivity contribution in [2.45, 2.75) is 39.7 Å². The number of nitrogens with zero attached hydrogens (tertiary/aromatic N) is 2. The van der Waals surface area contributed by atoms with Gasteiger partial charge in [-0.25, -0.2) is 4.98 Å². The van der Waals surface area contributed by atoms with E-state index in [1.54, 1.807) is 0 Å². The van der Waals surface area contributed by atoms with Crippen molar-refractivity contribution in [3.8, 4) is 5.75 Å². The van der Waals surface area contributed by atoms with Crippen LogP contribution in [0.1, 0.15) is 39.7 Å². The van der Waals surface area contributed by atoms with Gasteiger partial charge in [0.1, 0.15) is 11.3 Å². The highest BCUT2D eigenvalue weighted by Crippen LogP contribution is 2.30. The number of benzene rings is 1. The van der Waals surface area contributed by atoms with Gasteiger partial charge in [-0.1, -0.05) is 19.9 Å². The molecule has 0 radical (unpaired) electrons. The number of imidazole rings is 1. The van der Waals surface area contributed by atoms with Crippen molar-refractivity contribution in [3.05, 3.63) is 18.2 Å². The van der Waals surface area contributed by atoms with Crippen LogP contribution in [0.5, 0.6) is 5.75 Å². The highest BCUT2D eigenvalue weighted by Gasteiger charge is 2.15. The summed E-state index contributed by atoms with van der Waals surface area (Å²) in [5.74, 6) is 1.38. The van der Waals surface area contributed by atoms with E-state index >= 15 is 0 Å². The lowest BCUT2D eigenvalue weighted by Crippen LogP contribution is -2.07. The number of fused-ring (bicyclic) bond motifs is 1. The van der Waals surface area contributed by atoms with Gasteiger partial charge in [0.05, 0.1) is 12.1 Å². The van der Waals surface area contributed by atoms with Crippen LogP contribution in [0.2, 0.25) is 0 Å². The molecule has 1 heterocycles. The fourth-order valence-electron chi connectivity index (χ4n) is 2.08. The van der Waals surface area contributed by atoms with Crippen LogP contribution in [-0.4, -0.2) is 16.2 Å². The number of hydrogen-bond acceptors (Lipinski definition) is 3. The lowest BCUT2D eigenvalue weighted by molar-refractivity contribution is 0.320. The lowest BCUT2D eigenvalue weighted by Gasteiger charge is -2.13. The first-order chi connectivity index (χ1) is 8.69. The average Bonchev–Trinajstić information content (AvgIpc) is 2.72. The topological polar surface area (TPSA) is 53.1 Å². The molecule has 1 atom stereocenters. The van der Waals surface area contributed by atoms with Crippen LogP contribution in [-0.2, 0) is 0 Å². The second kappa shape index (κ2) is 5.29. The molecule has 4 nitrogen and oxygen atoms in total. The normalized spacial score (nSPS) is 12.8. The lowest BCUT2D eigenvalue weighted by atomic mass is 10.2. The third kappa shape index (κ3) is 2.15. The number of nitrogens with two attached hydrogens (primary N) is 1. The van der Waals surface area contributed by atoms with Gasteiger partial charge in [0.15, 0.2) is 0 Å². The first-order valence-corrected chi connectivity index (χ1v) is 6.58. The fourth-order valence-corrected chi connectivity index (χ4v) is 2.08. The summed E-state index contributed by atoms with van der Waals surface area (Å²) in [6, 6.07) is 6.33. The number of para-hydroxylation sites is 1. The maximum absolute atomic E-state index is 6.02. The van der Waals surface area contributed by atoms with E-state index in [4.69, 9.17) is 10.5 Å². The van der Waals surface area contributed by atoms with Crippen LogP contribution in [0, 0.1) is 0 Å². The van der Waals surface area contributed by atoms with Crippen molar-refractivity contribution in [3.63, 3.8) is 0 Å². The molecule has 1 aromatic heterocycles. The minimum Gasteiger partial charge on any atom is -0.491 e. The highest BCUT2D eigenvalue weighted by molar-refractivity contribution is 5.84. The number of anilines is 1. The van der Waals surface area contributed by atoms with Crippen molar-refractivity contribution in [1.82, 2.24) is 9.55 Å². The Kier molecular flexibility index (Phi) is 3.75. The molecule has 0 aliphatic carbocycles. The first-order valence-electron chi connectivity index (χ1n) is 6.58. The summed E-state index contributed by atoms with van der Waals surface area (Å²) in [7, 11) is 0. The molecule has 0 amide bonds. The van der Waals surface area contributed by atoms with E-state index in [0.717, 1.165) is 29.6 Å². The van der Waals surface area contributed by atoms with Crippen LogP contribution in [0.4, 0.5) is 5.95 Å². The first kappa shape index (κ1) is 12.7. The Hall–Kier alpha value is -1.71. The predicted molar refractivity (Wildman–Crippen MR) is 74.9 cm³/mol. The Morgan fingerprint density at radius 3 is 2.83 bits per heavy atom. The summed E-state index contributed by atoms with van der Waals surface area (Å²) < 4.78 is 7.80. The van der Waals surface area contributed by atoms with Gasteiger partial charge in [0.2, 0.25) is 5.95 Å². The van der Waals surface area contributed by atoms with E-state index < -0.39 is 0 Å². The molecule has 2 rings (SSSR count). The van der Waals surface area contributed by atoms with E-state index in [1.807, 2.05) is 18.2 Å². The maximum atomic E-state index is 6.02. The molecule has 2 aromatic rings. The average molecular weight is 247 g/mol. The SMILES string of the molecule is CCCOc1cccc2c1nc(N)n2C(C)CC. The fraction of sp³-hybridized carbons (Fsp3) is 0.500. The number of nitrogen functional groups attached to an aromatic ring is 1. The number of aromatic nitrogens is 2. The molecule has 18 heavy (non-hydrogen) atoms. The largest absolute Gasteiger partial charge is 0.491 e. The standard InChI is InChI=1S/C14H21N3O/c1-4-9-18-12-8-6-7-11-13(12)16-14(15)17(11)10(3)5-2/h6-8,10H,4-5,9H2,1-3H3,(H2,15,16). The van der Waals surface area contributed by atoms with Gasteiger partial charge >= 0.3 is 0 Å². The van der Waals surface area contributed by atoms with Crippen LogP contribution in [0.15, 0.2) is 18.2 Å². The zero-order chi connectivity index (χ0) is 13.1. The van der Waals surface area contributed by atoms with Crippen molar-refractivity contribution >= 4 is 17.0 Å². The van der Waals surface area contributed by atoms with Gasteiger partial charge in [-0.3, -0.25) is 0 Å². The van der Waals surface area contributed by atoms with Gasteiger partial charge in [-0.05, 0) is 31.9 Å². The van der Waals surface area contributed by atoms with Crippen molar-refractivity contribution in [2.75, 3.05) is 12.3 Å². The molecule has 1 unspecified atom stereocenters. The molecular formula is C14H21N3O. The summed E-state index contributed by atoms with van der Waals surface area (Å²) in [5, 5.41) is 0. The highest BCUT2D eigenvalue weighted by atomic mass is 16.5. The molecule has 98 valence electrons. The quantitative estimate of drug-likeness (QED) is 0.881. The van der Waals surface area contributed by atoms with E-state index in [9.17, 15) is 0 Å². The van der Waals surface area contributed by atoms with Crippen molar-refractivity contribution in [1.29, 1.82) is 0 Å². The van der Waals surface area contributed by atoms with Gasteiger partial charge < -0.3 is 15.0 Å². The van der Waals surface area contributed by atoms with Crippen molar-refractivity contribution < 1.29 is 4.74 Å². The maximum Gasteiger partial charge on any atom is 0.201 e. The van der Waals surface area contributed by atoms with Gasteiger partial charge in [-0.15, -0.1) is 0 Å². The summed E-state index contributed by atoms with van der Waals surface area (Å²) in [6.45, 7) is 7.09. The Bertz CT molecular complexity index is 533. The smallest absolute Gasteiger partial charge is 0.201 e. The zero-order valence-electron chi connectivity index (χ0n) is 11.3. The van der Waals surface area contributed by atoms with Crippen LogP contribution < -0.4 is 10.5 Å². The molecule has 1 aromatic carbocycles. The number of ether oxygens (including phenoxy) is 1. The molecule has 4 heteroatoms. The molecule has 0 aliphatic rings. The van der Waals surface area contributed by atoms with Crippen LogP contribution in [0.25, 0.3) is 11.0 Å². The minimum absolute atomic E-state index is 0.344. The van der Waals surface area contributed by atoms with Crippen molar-refractivity contribution in [2.24, 2.45) is 0 Å². The Labute approximate surface area is 108 Å². The van der Waals surface area contributed by atoms with E-state index in [-0.39, 0.29) is 0 Å². The molecule has 0 saturated heterocycles. The molecule has 0 saturated carbocycles. The molecule has 2 N–H and O–H groups in total. The minimum atomic E-state index is 0.344. The van der Waals surface area contributed by atoms with Gasteiger partial charge in [0.25, 0.3) is 0 Å². The van der Waals surface area contributed by atoms with Crippen LogP contribution in [0.3, 0.4) is 0 Å². The third-order valence-electron chi connectivity index (χ3n) is 3.20. The predicted octanol–water partition coefficient (Wildman–Crippen LogP) is 3.38. The molecular weight excluding hydrogens is 226 g/mol. The monoisotopic (exact) mass is 247 g/mol. The van der Waals surface area contributed by atoms with Gasteiger partial charge in [0, 0.05) is 6.04 Å². The molecule has 0 spiro atoms. The number of hydrogen-bond donors (Lipinski definition) is 1. The number of rotatable bonds is 5. The second-order valence-corrected chi connectivity index (χ2v) is 4.57. The summed E-state index contributed by atoms with van der Waals surface area (Å²) >= 11 is 0. The molecule has 0 fully saturated rings. The third-order valence-corrected chi connectivity index (χ3v) is 3.20.